The minimum atomic E-state index is 0.221. The van der Waals surface area contributed by atoms with Crippen LogP contribution in [0.1, 0.15) is 37.7 Å². The van der Waals surface area contributed by atoms with Crippen molar-refractivity contribution >= 4 is 0 Å². The number of hydrogen-bond acceptors (Lipinski definition) is 3. The molecular formula is C16H25NO2. The van der Waals surface area contributed by atoms with Crippen molar-refractivity contribution in [2.45, 2.75) is 50.7 Å². The lowest BCUT2D eigenvalue weighted by atomic mass is 9.98. The van der Waals surface area contributed by atoms with Crippen LogP contribution < -0.4 is 10.5 Å². The molecule has 3 heteroatoms. The number of rotatable bonds is 6. The maximum Gasteiger partial charge on any atom is 0.118 e. The molecule has 106 valence electrons. The fourth-order valence-corrected chi connectivity index (χ4v) is 2.60. The van der Waals surface area contributed by atoms with Gasteiger partial charge in [0.15, 0.2) is 0 Å². The molecule has 0 saturated carbocycles. The van der Waals surface area contributed by atoms with Gasteiger partial charge in [0.05, 0.1) is 13.2 Å². The van der Waals surface area contributed by atoms with Crippen molar-refractivity contribution in [1.29, 1.82) is 0 Å². The van der Waals surface area contributed by atoms with Crippen molar-refractivity contribution in [1.82, 2.24) is 0 Å². The highest BCUT2D eigenvalue weighted by atomic mass is 16.5. The Morgan fingerprint density at radius 1 is 1.32 bits per heavy atom. The molecule has 0 aliphatic carbocycles. The summed E-state index contributed by atoms with van der Waals surface area (Å²) < 4.78 is 10.9. The van der Waals surface area contributed by atoms with E-state index in [9.17, 15) is 0 Å². The largest absolute Gasteiger partial charge is 0.497 e. The summed E-state index contributed by atoms with van der Waals surface area (Å²) in [6.07, 6.45) is 7.22. The average molecular weight is 263 g/mol. The highest BCUT2D eigenvalue weighted by Crippen LogP contribution is 2.19. The first kappa shape index (κ1) is 14.4. The summed E-state index contributed by atoms with van der Waals surface area (Å²) in [7, 11) is 1.69. The molecular weight excluding hydrogens is 238 g/mol. The standard InChI is InChI=1S/C16H25NO2/c1-18-15-8-5-13(6-9-15)12-14(17)7-10-16-4-2-3-11-19-16/h5-6,8-9,14,16H,2-4,7,10-12,17H2,1H3. The fourth-order valence-electron chi connectivity index (χ4n) is 2.60. The van der Waals surface area contributed by atoms with E-state index in [2.05, 4.69) is 12.1 Å². The van der Waals surface area contributed by atoms with Crippen LogP contribution in [-0.4, -0.2) is 25.9 Å². The van der Waals surface area contributed by atoms with Crippen molar-refractivity contribution in [2.75, 3.05) is 13.7 Å². The van der Waals surface area contributed by atoms with Gasteiger partial charge in [0.1, 0.15) is 5.75 Å². The summed E-state index contributed by atoms with van der Waals surface area (Å²) in [5.41, 5.74) is 7.48. The third-order valence-electron chi connectivity index (χ3n) is 3.79. The predicted octanol–water partition coefficient (Wildman–Crippen LogP) is 2.91. The van der Waals surface area contributed by atoms with Gasteiger partial charge in [-0.3, -0.25) is 0 Å². The monoisotopic (exact) mass is 263 g/mol. The van der Waals surface area contributed by atoms with Gasteiger partial charge < -0.3 is 15.2 Å². The van der Waals surface area contributed by atoms with Gasteiger partial charge in [-0.1, -0.05) is 12.1 Å². The molecule has 2 unspecified atom stereocenters. The lowest BCUT2D eigenvalue weighted by molar-refractivity contribution is 0.00915. The third kappa shape index (κ3) is 4.84. The highest BCUT2D eigenvalue weighted by Gasteiger charge is 2.15. The van der Waals surface area contributed by atoms with Gasteiger partial charge in [-0.05, 0) is 56.2 Å². The number of methoxy groups -OCH3 is 1. The molecule has 1 aliphatic heterocycles. The van der Waals surface area contributed by atoms with E-state index in [1.165, 1.54) is 24.8 Å². The third-order valence-corrected chi connectivity index (χ3v) is 3.79. The van der Waals surface area contributed by atoms with E-state index >= 15 is 0 Å². The molecule has 2 rings (SSSR count). The van der Waals surface area contributed by atoms with Gasteiger partial charge in [0.25, 0.3) is 0 Å². The molecule has 0 radical (unpaired) electrons. The summed E-state index contributed by atoms with van der Waals surface area (Å²) in [6, 6.07) is 8.39. The van der Waals surface area contributed by atoms with Gasteiger partial charge in [0.2, 0.25) is 0 Å². The second-order valence-corrected chi connectivity index (χ2v) is 5.38. The van der Waals surface area contributed by atoms with Crippen LogP contribution in [-0.2, 0) is 11.2 Å². The van der Waals surface area contributed by atoms with Crippen LogP contribution in [0.5, 0.6) is 5.75 Å². The van der Waals surface area contributed by atoms with E-state index in [1.54, 1.807) is 7.11 Å². The van der Waals surface area contributed by atoms with Gasteiger partial charge in [0, 0.05) is 12.6 Å². The zero-order valence-corrected chi connectivity index (χ0v) is 11.8. The maximum atomic E-state index is 6.21. The van der Waals surface area contributed by atoms with Crippen LogP contribution in [0.15, 0.2) is 24.3 Å². The molecule has 2 N–H and O–H groups in total. The average Bonchev–Trinajstić information content (AvgIpc) is 2.47. The summed E-state index contributed by atoms with van der Waals surface area (Å²) in [5.74, 6) is 0.896. The van der Waals surface area contributed by atoms with E-state index in [0.29, 0.717) is 6.10 Å². The van der Waals surface area contributed by atoms with Gasteiger partial charge in [-0.2, -0.15) is 0 Å². The van der Waals surface area contributed by atoms with Gasteiger partial charge in [-0.15, -0.1) is 0 Å². The van der Waals surface area contributed by atoms with Gasteiger partial charge >= 0.3 is 0 Å². The SMILES string of the molecule is COc1ccc(CC(N)CCC2CCCCO2)cc1. The molecule has 0 spiro atoms. The van der Waals surface area contributed by atoms with Crippen molar-refractivity contribution in [3.8, 4) is 5.75 Å². The zero-order chi connectivity index (χ0) is 13.5. The maximum absolute atomic E-state index is 6.21. The Kier molecular flexibility index (Phi) is 5.67. The molecule has 2 atom stereocenters. The molecule has 1 aromatic rings. The Hall–Kier alpha value is -1.06. The molecule has 1 aliphatic rings. The Labute approximate surface area is 116 Å². The molecule has 1 fully saturated rings. The molecule has 3 nitrogen and oxygen atoms in total. The van der Waals surface area contributed by atoms with Crippen molar-refractivity contribution in [2.24, 2.45) is 5.73 Å². The Balaban J connectivity index is 1.71. The van der Waals surface area contributed by atoms with Gasteiger partial charge in [-0.25, -0.2) is 0 Å². The first-order valence-corrected chi connectivity index (χ1v) is 7.28. The normalized spacial score (nSPS) is 21.1. The van der Waals surface area contributed by atoms with Crippen LogP contribution in [0, 0.1) is 0 Å². The predicted molar refractivity (Wildman–Crippen MR) is 77.5 cm³/mol. The first-order chi connectivity index (χ1) is 9.28. The number of benzene rings is 1. The molecule has 1 aromatic carbocycles. The smallest absolute Gasteiger partial charge is 0.118 e. The zero-order valence-electron chi connectivity index (χ0n) is 11.8. The second-order valence-electron chi connectivity index (χ2n) is 5.38. The van der Waals surface area contributed by atoms with E-state index in [-0.39, 0.29) is 6.04 Å². The molecule has 1 heterocycles. The fraction of sp³-hybridized carbons (Fsp3) is 0.625. The quantitative estimate of drug-likeness (QED) is 0.858. The van der Waals surface area contributed by atoms with Crippen molar-refractivity contribution in [3.05, 3.63) is 29.8 Å². The topological polar surface area (TPSA) is 44.5 Å². The van der Waals surface area contributed by atoms with Crippen LogP contribution in [0.2, 0.25) is 0 Å². The Bertz CT molecular complexity index is 358. The Morgan fingerprint density at radius 2 is 2.11 bits per heavy atom. The number of nitrogens with two attached hydrogens (primary N) is 1. The lowest BCUT2D eigenvalue weighted by Gasteiger charge is -2.23. The summed E-state index contributed by atoms with van der Waals surface area (Å²) >= 11 is 0. The molecule has 19 heavy (non-hydrogen) atoms. The second kappa shape index (κ2) is 7.51. The minimum absolute atomic E-state index is 0.221. The summed E-state index contributed by atoms with van der Waals surface area (Å²) in [6.45, 7) is 0.929. The van der Waals surface area contributed by atoms with Crippen LogP contribution in [0.3, 0.4) is 0 Å². The number of ether oxygens (including phenoxy) is 2. The number of hydrogen-bond donors (Lipinski definition) is 1. The Morgan fingerprint density at radius 3 is 2.74 bits per heavy atom. The molecule has 1 saturated heterocycles. The van der Waals surface area contributed by atoms with Crippen molar-refractivity contribution < 1.29 is 9.47 Å². The summed E-state index contributed by atoms with van der Waals surface area (Å²) in [4.78, 5) is 0. The van der Waals surface area contributed by atoms with Crippen molar-refractivity contribution in [3.63, 3.8) is 0 Å². The summed E-state index contributed by atoms with van der Waals surface area (Å²) in [5, 5.41) is 0. The molecule has 0 aromatic heterocycles. The van der Waals surface area contributed by atoms with Crippen LogP contribution in [0.25, 0.3) is 0 Å². The van der Waals surface area contributed by atoms with Crippen LogP contribution >= 0.6 is 0 Å². The van der Waals surface area contributed by atoms with E-state index in [1.807, 2.05) is 12.1 Å². The highest BCUT2D eigenvalue weighted by molar-refractivity contribution is 5.27. The van der Waals surface area contributed by atoms with Crippen LogP contribution in [0.4, 0.5) is 0 Å². The molecule has 0 amide bonds. The first-order valence-electron chi connectivity index (χ1n) is 7.28. The lowest BCUT2D eigenvalue weighted by Crippen LogP contribution is -2.27. The van der Waals surface area contributed by atoms with E-state index in [4.69, 9.17) is 15.2 Å². The van der Waals surface area contributed by atoms with E-state index in [0.717, 1.165) is 31.6 Å². The molecule has 0 bridgehead atoms. The minimum Gasteiger partial charge on any atom is -0.497 e. The van der Waals surface area contributed by atoms with E-state index < -0.39 is 0 Å².